The zero-order chi connectivity index (χ0) is 70.1. The number of phosphoric ester groups is 2. The summed E-state index contributed by atoms with van der Waals surface area (Å²) in [6.07, 6.45) is 52.7. The minimum atomic E-state index is -4.96. The molecule has 0 saturated carbocycles. The van der Waals surface area contributed by atoms with Crippen molar-refractivity contribution in [3.8, 4) is 0 Å². The number of carbonyl (C=O) groups is 4. The fourth-order valence-electron chi connectivity index (χ4n) is 11.6. The van der Waals surface area contributed by atoms with Gasteiger partial charge in [-0.2, -0.15) is 0 Å². The molecule has 0 aliphatic rings. The average molecular weight is 1400 g/mol. The van der Waals surface area contributed by atoms with Gasteiger partial charge < -0.3 is 33.8 Å². The quantitative estimate of drug-likeness (QED) is 0.0222. The van der Waals surface area contributed by atoms with Crippen LogP contribution in [0.25, 0.3) is 0 Å². The molecule has 0 fully saturated rings. The number of aliphatic hydroxyl groups excluding tert-OH is 1. The van der Waals surface area contributed by atoms with E-state index in [1.165, 1.54) is 199 Å². The maximum atomic E-state index is 13.1. The van der Waals surface area contributed by atoms with E-state index in [0.717, 1.165) is 108 Å². The lowest BCUT2D eigenvalue weighted by Crippen LogP contribution is -2.30. The Bertz CT molecular complexity index is 1850. The summed E-state index contributed by atoms with van der Waals surface area (Å²) in [5, 5.41) is 10.6. The molecule has 0 bridgehead atoms. The van der Waals surface area contributed by atoms with Crippen LogP contribution in [0, 0.1) is 17.8 Å². The number of phosphoric acid groups is 2. The van der Waals surface area contributed by atoms with Crippen LogP contribution in [0.4, 0.5) is 0 Å². The van der Waals surface area contributed by atoms with Crippen LogP contribution < -0.4 is 0 Å². The smallest absolute Gasteiger partial charge is 0.462 e. The van der Waals surface area contributed by atoms with Crippen LogP contribution >= 0.6 is 15.6 Å². The van der Waals surface area contributed by atoms with E-state index in [4.69, 9.17) is 37.0 Å². The second-order valence-corrected chi connectivity index (χ2v) is 31.5. The first-order chi connectivity index (χ1) is 45.8. The van der Waals surface area contributed by atoms with E-state index in [0.29, 0.717) is 25.7 Å². The lowest BCUT2D eigenvalue weighted by Gasteiger charge is -2.21. The fraction of sp³-hybridized carbons (Fsp3) is 0.947. The molecule has 17 nitrogen and oxygen atoms in total. The van der Waals surface area contributed by atoms with Crippen molar-refractivity contribution in [2.75, 3.05) is 39.6 Å². The summed E-state index contributed by atoms with van der Waals surface area (Å²) in [4.78, 5) is 72.7. The molecule has 3 N–H and O–H groups in total. The van der Waals surface area contributed by atoms with Crippen molar-refractivity contribution in [1.29, 1.82) is 0 Å². The van der Waals surface area contributed by atoms with Crippen molar-refractivity contribution in [3.05, 3.63) is 0 Å². The maximum Gasteiger partial charge on any atom is 0.472 e. The van der Waals surface area contributed by atoms with Gasteiger partial charge >= 0.3 is 39.5 Å². The highest BCUT2D eigenvalue weighted by Gasteiger charge is 2.30. The van der Waals surface area contributed by atoms with Gasteiger partial charge in [0.1, 0.15) is 19.3 Å². The summed E-state index contributed by atoms with van der Waals surface area (Å²) in [7, 11) is -9.91. The summed E-state index contributed by atoms with van der Waals surface area (Å²) in [6, 6.07) is 0. The van der Waals surface area contributed by atoms with Crippen molar-refractivity contribution in [3.63, 3.8) is 0 Å². The van der Waals surface area contributed by atoms with E-state index in [1.807, 2.05) is 0 Å². The van der Waals surface area contributed by atoms with Gasteiger partial charge in [0.05, 0.1) is 26.4 Å². The number of esters is 4. The molecule has 0 rings (SSSR count). The third-order valence-electron chi connectivity index (χ3n) is 18.0. The lowest BCUT2D eigenvalue weighted by atomic mass is 9.99. The van der Waals surface area contributed by atoms with E-state index in [-0.39, 0.29) is 25.7 Å². The molecule has 0 aromatic rings. The van der Waals surface area contributed by atoms with Crippen molar-refractivity contribution >= 4 is 39.5 Å². The highest BCUT2D eigenvalue weighted by Crippen LogP contribution is 2.45. The van der Waals surface area contributed by atoms with Crippen LogP contribution in [0.3, 0.4) is 0 Å². The number of carbonyl (C=O) groups excluding carboxylic acids is 4. The van der Waals surface area contributed by atoms with Gasteiger partial charge in [0.2, 0.25) is 0 Å². The predicted molar refractivity (Wildman–Crippen MR) is 386 cm³/mol. The average Bonchev–Trinajstić information content (AvgIpc) is 1.65. The molecule has 0 aromatic carbocycles. The molecule has 0 aliphatic heterocycles. The molecule has 3 unspecified atom stereocenters. The standard InChI is InChI=1S/C76H148O17P2/c1-8-10-11-12-13-26-36-43-50-57-73(78)86-63-72(93-76(81)60-53-46-39-32-31-34-41-48-55-68(5)6)66-91-95(84,85)89-62-70(77)61-88-94(82,83)90-65-71(64-87-74(79)58-51-44-37-29-24-20-16-14-18-22-27-33-40-47-54-67(3)4)92-75(80)59-52-45-38-30-25-21-17-15-19-23-28-35-42-49-56-69(7)9-2/h67-72,77H,8-66H2,1-7H3,(H,82,83)(H,84,85)/t69?,70-,71-,72-/m1/s1. The van der Waals surface area contributed by atoms with Crippen LogP contribution in [0.5, 0.6) is 0 Å². The Morgan fingerprint density at radius 2 is 0.537 bits per heavy atom. The first kappa shape index (κ1) is 93.1. The Morgan fingerprint density at radius 1 is 0.305 bits per heavy atom. The monoisotopic (exact) mass is 1400 g/mol. The molecule has 0 saturated heterocycles. The lowest BCUT2D eigenvalue weighted by molar-refractivity contribution is -0.161. The highest BCUT2D eigenvalue weighted by molar-refractivity contribution is 7.47. The van der Waals surface area contributed by atoms with E-state index < -0.39 is 97.5 Å². The molecule has 19 heteroatoms. The van der Waals surface area contributed by atoms with E-state index in [9.17, 15) is 43.2 Å². The molecule has 0 spiro atoms. The SMILES string of the molecule is CCCCCCCCCCCC(=O)OC[C@H](COP(=O)(O)OC[C@H](O)COP(=O)(O)OC[C@@H](COC(=O)CCCCCCCCCCCCCCCCC(C)C)OC(=O)CCCCCCCCCCCCCCCCC(C)CC)OC(=O)CCCCCCCCCCC(C)C. The summed E-state index contributed by atoms with van der Waals surface area (Å²) in [5.41, 5.74) is 0. The Hall–Kier alpha value is -1.94. The predicted octanol–water partition coefficient (Wildman–Crippen LogP) is 22.2. The molecule has 95 heavy (non-hydrogen) atoms. The van der Waals surface area contributed by atoms with Gasteiger partial charge in [-0.1, -0.05) is 337 Å². The van der Waals surface area contributed by atoms with Crippen molar-refractivity contribution in [1.82, 2.24) is 0 Å². The minimum Gasteiger partial charge on any atom is -0.462 e. The first-order valence-electron chi connectivity index (χ1n) is 39.4. The van der Waals surface area contributed by atoms with E-state index in [1.54, 1.807) is 0 Å². The topological polar surface area (TPSA) is 237 Å². The van der Waals surface area contributed by atoms with Crippen LogP contribution in [-0.2, 0) is 65.4 Å². The van der Waals surface area contributed by atoms with Crippen LogP contribution in [0.1, 0.15) is 389 Å². The number of hydrogen-bond acceptors (Lipinski definition) is 15. The third-order valence-corrected chi connectivity index (χ3v) is 19.9. The molecule has 0 heterocycles. The Balaban J connectivity index is 5.22. The highest BCUT2D eigenvalue weighted by atomic mass is 31.2. The molecule has 0 aromatic heterocycles. The zero-order valence-corrected chi connectivity index (χ0v) is 63.9. The zero-order valence-electron chi connectivity index (χ0n) is 62.1. The molecule has 564 valence electrons. The number of hydrogen-bond donors (Lipinski definition) is 3. The normalized spacial score (nSPS) is 14.4. The summed E-state index contributed by atoms with van der Waals surface area (Å²) in [5.74, 6) is 0.243. The van der Waals surface area contributed by atoms with Gasteiger partial charge in [-0.15, -0.1) is 0 Å². The van der Waals surface area contributed by atoms with Crippen molar-refractivity contribution in [2.24, 2.45) is 17.8 Å². The molecular formula is C76H148O17P2. The van der Waals surface area contributed by atoms with Crippen LogP contribution in [0.15, 0.2) is 0 Å². The molecular weight excluding hydrogens is 1250 g/mol. The minimum absolute atomic E-state index is 0.104. The summed E-state index contributed by atoms with van der Waals surface area (Å²) in [6.45, 7) is 11.9. The van der Waals surface area contributed by atoms with Gasteiger partial charge in [0.25, 0.3) is 0 Å². The van der Waals surface area contributed by atoms with E-state index in [2.05, 4.69) is 48.5 Å². The second-order valence-electron chi connectivity index (χ2n) is 28.6. The number of aliphatic hydroxyl groups is 1. The Labute approximate surface area is 581 Å². The van der Waals surface area contributed by atoms with Crippen LogP contribution in [0.2, 0.25) is 0 Å². The Kier molecular flexibility index (Phi) is 65.2. The van der Waals surface area contributed by atoms with Crippen LogP contribution in [-0.4, -0.2) is 96.7 Å². The van der Waals surface area contributed by atoms with Gasteiger partial charge in [0, 0.05) is 25.7 Å². The van der Waals surface area contributed by atoms with Crippen molar-refractivity contribution in [2.45, 2.75) is 407 Å². The van der Waals surface area contributed by atoms with Gasteiger partial charge in [-0.3, -0.25) is 37.3 Å². The maximum absolute atomic E-state index is 13.1. The fourth-order valence-corrected chi connectivity index (χ4v) is 13.1. The Morgan fingerprint density at radius 3 is 0.800 bits per heavy atom. The van der Waals surface area contributed by atoms with Crippen molar-refractivity contribution < 1.29 is 80.2 Å². The summed E-state index contributed by atoms with van der Waals surface area (Å²) >= 11 is 0. The molecule has 0 aliphatic carbocycles. The largest absolute Gasteiger partial charge is 0.472 e. The van der Waals surface area contributed by atoms with Gasteiger partial charge in [-0.05, 0) is 43.4 Å². The number of unbranched alkanes of at least 4 members (excludes halogenated alkanes) is 41. The van der Waals surface area contributed by atoms with Gasteiger partial charge in [0.15, 0.2) is 12.2 Å². The number of ether oxygens (including phenoxy) is 4. The summed E-state index contributed by atoms with van der Waals surface area (Å²) < 4.78 is 68.5. The number of rotatable bonds is 74. The third kappa shape index (κ3) is 69.0. The van der Waals surface area contributed by atoms with Gasteiger partial charge in [-0.25, -0.2) is 9.13 Å². The molecule has 0 radical (unpaired) electrons. The van der Waals surface area contributed by atoms with E-state index >= 15 is 0 Å². The molecule has 0 amide bonds. The second kappa shape index (κ2) is 66.6. The molecule has 6 atom stereocenters. The first-order valence-corrected chi connectivity index (χ1v) is 42.4.